The van der Waals surface area contributed by atoms with Crippen LogP contribution in [0.5, 0.6) is 0 Å². The van der Waals surface area contributed by atoms with Crippen LogP contribution < -0.4 is 5.32 Å². The number of anilines is 1. The van der Waals surface area contributed by atoms with Crippen molar-refractivity contribution in [3.63, 3.8) is 0 Å². The van der Waals surface area contributed by atoms with Crippen LogP contribution in [0.25, 0.3) is 0 Å². The molecule has 2 rings (SSSR count). The highest BCUT2D eigenvalue weighted by molar-refractivity contribution is 5.91. The fourth-order valence-corrected chi connectivity index (χ4v) is 1.35. The van der Waals surface area contributed by atoms with Gasteiger partial charge in [0.25, 0.3) is 5.91 Å². The fraction of sp³-hybridized carbons (Fsp3) is 0.250. The van der Waals surface area contributed by atoms with Crippen LogP contribution in [0.4, 0.5) is 5.82 Å². The Balaban J connectivity index is 1.74. The molecule has 0 radical (unpaired) electrons. The second-order valence-electron chi connectivity index (χ2n) is 3.72. The standard InChI is InChI=1S/C12H13N3O3/c1-9-12(15-18-14-9)13-11(16)8-17-7-10-5-3-2-4-6-10/h2-6H,7-8H2,1H3,(H,13,15,16). The Hall–Kier alpha value is -2.21. The number of hydrogen-bond donors (Lipinski definition) is 1. The monoisotopic (exact) mass is 247 g/mol. The van der Waals surface area contributed by atoms with E-state index in [9.17, 15) is 4.79 Å². The SMILES string of the molecule is Cc1nonc1NC(=O)COCc1ccccc1. The topological polar surface area (TPSA) is 77.3 Å². The summed E-state index contributed by atoms with van der Waals surface area (Å²) in [5, 5.41) is 9.65. The normalized spacial score (nSPS) is 10.3. The third kappa shape index (κ3) is 3.39. The molecule has 0 atom stereocenters. The number of nitrogens with zero attached hydrogens (tertiary/aromatic N) is 2. The van der Waals surface area contributed by atoms with Crippen molar-refractivity contribution >= 4 is 11.7 Å². The Morgan fingerprint density at radius 3 is 2.78 bits per heavy atom. The first-order valence-electron chi connectivity index (χ1n) is 5.46. The predicted octanol–water partition coefficient (Wildman–Crippen LogP) is 1.53. The molecule has 0 unspecified atom stereocenters. The van der Waals surface area contributed by atoms with E-state index >= 15 is 0 Å². The van der Waals surface area contributed by atoms with Gasteiger partial charge in [0.2, 0.25) is 0 Å². The van der Waals surface area contributed by atoms with E-state index in [1.165, 1.54) is 0 Å². The molecule has 1 aromatic carbocycles. The average molecular weight is 247 g/mol. The first-order valence-corrected chi connectivity index (χ1v) is 5.46. The van der Waals surface area contributed by atoms with Gasteiger partial charge in [0.05, 0.1) is 6.61 Å². The third-order valence-corrected chi connectivity index (χ3v) is 2.26. The molecule has 0 saturated heterocycles. The molecule has 6 heteroatoms. The summed E-state index contributed by atoms with van der Waals surface area (Å²) in [5.74, 6) is 0.0352. The number of carbonyl (C=O) groups excluding carboxylic acids is 1. The molecular weight excluding hydrogens is 234 g/mol. The summed E-state index contributed by atoms with van der Waals surface area (Å²) in [5.41, 5.74) is 1.55. The minimum absolute atomic E-state index is 0.0405. The van der Waals surface area contributed by atoms with Crippen LogP contribution in [-0.4, -0.2) is 22.8 Å². The summed E-state index contributed by atoms with van der Waals surface area (Å²) >= 11 is 0. The zero-order valence-electron chi connectivity index (χ0n) is 9.92. The number of aryl methyl sites for hydroxylation is 1. The Bertz CT molecular complexity index is 510. The van der Waals surface area contributed by atoms with Gasteiger partial charge in [-0.25, -0.2) is 4.63 Å². The molecular formula is C12H13N3O3. The summed E-state index contributed by atoms with van der Waals surface area (Å²) < 4.78 is 9.74. The second-order valence-corrected chi connectivity index (χ2v) is 3.72. The molecule has 1 amide bonds. The lowest BCUT2D eigenvalue weighted by Gasteiger charge is -2.04. The van der Waals surface area contributed by atoms with E-state index in [-0.39, 0.29) is 12.5 Å². The van der Waals surface area contributed by atoms with Gasteiger partial charge < -0.3 is 10.1 Å². The Morgan fingerprint density at radius 2 is 2.11 bits per heavy atom. The minimum Gasteiger partial charge on any atom is -0.367 e. The third-order valence-electron chi connectivity index (χ3n) is 2.26. The lowest BCUT2D eigenvalue weighted by Crippen LogP contribution is -2.18. The highest BCUT2D eigenvalue weighted by Gasteiger charge is 2.09. The number of benzene rings is 1. The molecule has 6 nitrogen and oxygen atoms in total. The molecule has 0 bridgehead atoms. The van der Waals surface area contributed by atoms with Crippen molar-refractivity contribution in [3.8, 4) is 0 Å². The molecule has 0 fully saturated rings. The lowest BCUT2D eigenvalue weighted by atomic mass is 10.2. The second kappa shape index (κ2) is 5.92. The van der Waals surface area contributed by atoms with Crippen LogP contribution in [0.2, 0.25) is 0 Å². The average Bonchev–Trinajstić information content (AvgIpc) is 2.76. The van der Waals surface area contributed by atoms with E-state index in [4.69, 9.17) is 4.74 Å². The first-order chi connectivity index (χ1) is 8.75. The van der Waals surface area contributed by atoms with Gasteiger partial charge >= 0.3 is 0 Å². The van der Waals surface area contributed by atoms with Crippen LogP contribution in [0.1, 0.15) is 11.3 Å². The Labute approximate surface area is 104 Å². The summed E-state index contributed by atoms with van der Waals surface area (Å²) in [6, 6.07) is 9.64. The number of hydrogen-bond acceptors (Lipinski definition) is 5. The van der Waals surface area contributed by atoms with Gasteiger partial charge in [-0.2, -0.15) is 0 Å². The molecule has 0 aliphatic heterocycles. The van der Waals surface area contributed by atoms with E-state index in [1.54, 1.807) is 6.92 Å². The smallest absolute Gasteiger partial charge is 0.251 e. The zero-order valence-corrected chi connectivity index (χ0v) is 9.92. The van der Waals surface area contributed by atoms with Gasteiger partial charge in [-0.05, 0) is 17.6 Å². The van der Waals surface area contributed by atoms with Crippen molar-refractivity contribution in [1.29, 1.82) is 0 Å². The molecule has 1 aromatic heterocycles. The molecule has 0 aliphatic carbocycles. The van der Waals surface area contributed by atoms with Crippen LogP contribution in [0.15, 0.2) is 35.0 Å². The number of amides is 1. The van der Waals surface area contributed by atoms with Crippen LogP contribution in [0.3, 0.4) is 0 Å². The largest absolute Gasteiger partial charge is 0.367 e. The molecule has 94 valence electrons. The highest BCUT2D eigenvalue weighted by atomic mass is 16.6. The summed E-state index contributed by atoms with van der Waals surface area (Å²) in [6.07, 6.45) is 0. The molecule has 0 spiro atoms. The Morgan fingerprint density at radius 1 is 1.33 bits per heavy atom. The van der Waals surface area contributed by atoms with Gasteiger partial charge in [-0.3, -0.25) is 4.79 Å². The number of nitrogens with one attached hydrogen (secondary N) is 1. The first kappa shape index (κ1) is 12.3. The van der Waals surface area contributed by atoms with Crippen LogP contribution >= 0.6 is 0 Å². The maximum Gasteiger partial charge on any atom is 0.251 e. The van der Waals surface area contributed by atoms with Gasteiger partial charge in [0.1, 0.15) is 12.3 Å². The van der Waals surface area contributed by atoms with Gasteiger partial charge in [-0.1, -0.05) is 35.5 Å². The fourth-order valence-electron chi connectivity index (χ4n) is 1.35. The number of carbonyl (C=O) groups is 1. The van der Waals surface area contributed by atoms with Crippen molar-refractivity contribution in [3.05, 3.63) is 41.6 Å². The van der Waals surface area contributed by atoms with Crippen molar-refractivity contribution in [2.75, 3.05) is 11.9 Å². The van der Waals surface area contributed by atoms with Crippen molar-refractivity contribution in [2.45, 2.75) is 13.5 Å². The van der Waals surface area contributed by atoms with E-state index in [2.05, 4.69) is 20.3 Å². The number of rotatable bonds is 5. The van der Waals surface area contributed by atoms with Gasteiger partial charge in [-0.15, -0.1) is 0 Å². The molecule has 0 aliphatic rings. The van der Waals surface area contributed by atoms with Crippen LogP contribution in [-0.2, 0) is 16.1 Å². The Kier molecular flexibility index (Phi) is 4.03. The molecule has 2 aromatic rings. The van der Waals surface area contributed by atoms with Gasteiger partial charge in [0.15, 0.2) is 5.82 Å². The molecule has 0 saturated carbocycles. The van der Waals surface area contributed by atoms with Gasteiger partial charge in [0, 0.05) is 0 Å². The number of ether oxygens (including phenoxy) is 1. The quantitative estimate of drug-likeness (QED) is 0.867. The maximum absolute atomic E-state index is 11.5. The maximum atomic E-state index is 11.5. The van der Waals surface area contributed by atoms with Crippen molar-refractivity contribution in [2.24, 2.45) is 0 Å². The lowest BCUT2D eigenvalue weighted by molar-refractivity contribution is -0.121. The van der Waals surface area contributed by atoms with Crippen molar-refractivity contribution in [1.82, 2.24) is 10.3 Å². The molecule has 1 heterocycles. The summed E-state index contributed by atoms with van der Waals surface area (Å²) in [6.45, 7) is 2.04. The van der Waals surface area contributed by atoms with E-state index in [1.807, 2.05) is 30.3 Å². The summed E-state index contributed by atoms with van der Waals surface area (Å²) in [4.78, 5) is 11.5. The molecule has 18 heavy (non-hydrogen) atoms. The highest BCUT2D eigenvalue weighted by Crippen LogP contribution is 2.06. The number of aromatic nitrogens is 2. The van der Waals surface area contributed by atoms with Crippen molar-refractivity contribution < 1.29 is 14.2 Å². The predicted molar refractivity (Wildman–Crippen MR) is 63.8 cm³/mol. The molecule has 1 N–H and O–H groups in total. The van der Waals surface area contributed by atoms with E-state index in [0.29, 0.717) is 18.1 Å². The summed E-state index contributed by atoms with van der Waals surface area (Å²) in [7, 11) is 0. The minimum atomic E-state index is -0.287. The van der Waals surface area contributed by atoms with E-state index in [0.717, 1.165) is 5.56 Å². The zero-order chi connectivity index (χ0) is 12.8. The van der Waals surface area contributed by atoms with E-state index < -0.39 is 0 Å². The van der Waals surface area contributed by atoms with Crippen LogP contribution in [0, 0.1) is 6.92 Å².